The molecule has 3 aliphatic rings. The standard InChI is InChI=1S/C36H37N4O5.Cu/c1-9-20-16(3)23-13-25-18(5)22(11-12-29(41)44-7)33(39-25)31-32(36(43)45-8)35(42)30-19(6)26(40-34(30)31)15-28-21(10-2)17(4)24(38-28)14-27(20)37-23;/h9,13-15,18,22,32H,1,10-12H2,2-8H3,(H-,37,38,39,40,42);/q-1;+2/p-1. The molecule has 0 amide bonds. The number of carbonyl (C=O) groups excluding carboxylic acids is 3. The van der Waals surface area contributed by atoms with Gasteiger partial charge in [-0.25, -0.2) is 4.98 Å². The van der Waals surface area contributed by atoms with Crippen molar-refractivity contribution in [1.29, 1.82) is 0 Å². The molecule has 241 valence electrons. The van der Waals surface area contributed by atoms with E-state index in [0.717, 1.165) is 56.8 Å². The summed E-state index contributed by atoms with van der Waals surface area (Å²) in [5.74, 6) is -3.01. The maximum atomic E-state index is 14.0. The molecule has 2 aliphatic heterocycles. The molecular formula is C36H36CuN4O5. The summed E-state index contributed by atoms with van der Waals surface area (Å²) in [7, 11) is 2.63. The molecule has 9 nitrogen and oxygen atoms in total. The van der Waals surface area contributed by atoms with Crippen molar-refractivity contribution in [3.8, 4) is 0 Å². The Bertz CT molecular complexity index is 2020. The van der Waals surface area contributed by atoms with Crippen LogP contribution in [0.1, 0.15) is 113 Å². The van der Waals surface area contributed by atoms with Crippen molar-refractivity contribution in [2.45, 2.75) is 71.6 Å². The number of fused-ring (bicyclic) bond motifs is 8. The van der Waals surface area contributed by atoms with Crippen molar-refractivity contribution in [2.24, 2.45) is 0 Å². The minimum Gasteiger partial charge on any atom is -0.657 e. The molecule has 0 spiro atoms. The van der Waals surface area contributed by atoms with Gasteiger partial charge in [0.15, 0.2) is 5.78 Å². The zero-order valence-corrected chi connectivity index (χ0v) is 27.9. The smallest absolute Gasteiger partial charge is 0.657 e. The maximum Gasteiger partial charge on any atom is 2.00 e. The van der Waals surface area contributed by atoms with Crippen molar-refractivity contribution < 1.29 is 40.9 Å². The summed E-state index contributed by atoms with van der Waals surface area (Å²) in [5.41, 5.74) is 11.0. The number of Topliss-reactive ketones (excluding diaryl/α,β-unsaturated/α-hetero) is 1. The summed E-state index contributed by atoms with van der Waals surface area (Å²) >= 11 is 0. The number of hydrogen-bond donors (Lipinski definition) is 0. The second-order valence-corrected chi connectivity index (χ2v) is 11.9. The van der Waals surface area contributed by atoms with E-state index in [0.29, 0.717) is 39.8 Å². The van der Waals surface area contributed by atoms with Crippen molar-refractivity contribution >= 4 is 57.0 Å². The van der Waals surface area contributed by atoms with Gasteiger partial charge in [0.25, 0.3) is 0 Å². The Morgan fingerprint density at radius 2 is 1.67 bits per heavy atom. The van der Waals surface area contributed by atoms with Crippen LogP contribution in [0.5, 0.6) is 0 Å². The zero-order valence-electron chi connectivity index (χ0n) is 27.0. The molecule has 0 saturated heterocycles. The van der Waals surface area contributed by atoms with Gasteiger partial charge in [0.05, 0.1) is 25.6 Å². The average molecular weight is 668 g/mol. The van der Waals surface area contributed by atoms with E-state index in [1.54, 1.807) is 0 Å². The van der Waals surface area contributed by atoms with E-state index < -0.39 is 11.9 Å². The summed E-state index contributed by atoms with van der Waals surface area (Å²) in [6.45, 7) is 14.1. The first kappa shape index (κ1) is 33.1. The van der Waals surface area contributed by atoms with Crippen LogP contribution in [0.3, 0.4) is 0 Å². The molecule has 3 aromatic heterocycles. The van der Waals surface area contributed by atoms with Crippen molar-refractivity contribution in [2.75, 3.05) is 14.2 Å². The van der Waals surface area contributed by atoms with Crippen LogP contribution in [0.15, 0.2) is 24.8 Å². The van der Waals surface area contributed by atoms with Crippen LogP contribution in [-0.2, 0) is 36.1 Å². The molecule has 6 rings (SSSR count). The third-order valence-electron chi connectivity index (χ3n) is 9.63. The van der Waals surface area contributed by atoms with Gasteiger partial charge in [-0.1, -0.05) is 55.8 Å². The fraction of sp³-hybridized carbons (Fsp3) is 0.361. The predicted octanol–water partition coefficient (Wildman–Crippen LogP) is 6.46. The van der Waals surface area contributed by atoms with Crippen LogP contribution in [0, 0.1) is 13.8 Å². The minimum atomic E-state index is -1.20. The Balaban J connectivity index is 0.00000417. The molecule has 8 bridgehead atoms. The number of carbonyl (C=O) groups is 3. The predicted molar refractivity (Wildman–Crippen MR) is 173 cm³/mol. The van der Waals surface area contributed by atoms with Crippen LogP contribution in [-0.4, -0.2) is 41.9 Å². The molecule has 3 atom stereocenters. The van der Waals surface area contributed by atoms with Gasteiger partial charge in [-0.05, 0) is 55.9 Å². The van der Waals surface area contributed by atoms with Crippen LogP contribution in [0.25, 0.3) is 39.3 Å². The van der Waals surface area contributed by atoms with Crippen LogP contribution in [0.4, 0.5) is 0 Å². The molecule has 0 N–H and O–H groups in total. The number of hydrogen-bond acceptors (Lipinski definition) is 7. The fourth-order valence-electron chi connectivity index (χ4n) is 7.02. The molecular weight excluding hydrogens is 632 g/mol. The molecule has 1 radical (unpaired) electrons. The molecule has 0 saturated carbocycles. The van der Waals surface area contributed by atoms with Gasteiger partial charge in [-0.15, -0.1) is 22.1 Å². The molecule has 1 aliphatic carbocycles. The van der Waals surface area contributed by atoms with E-state index >= 15 is 0 Å². The van der Waals surface area contributed by atoms with E-state index in [1.165, 1.54) is 14.2 Å². The molecule has 0 fully saturated rings. The third kappa shape index (κ3) is 5.04. The van der Waals surface area contributed by atoms with E-state index in [2.05, 4.69) is 20.4 Å². The summed E-state index contributed by atoms with van der Waals surface area (Å²) in [6.07, 6.45) is 3.13. The largest absolute Gasteiger partial charge is 2.00 e. The van der Waals surface area contributed by atoms with Crippen LogP contribution in [0.2, 0.25) is 0 Å². The minimum absolute atomic E-state index is 0. The first-order valence-electron chi connectivity index (χ1n) is 15.2. The first-order chi connectivity index (χ1) is 21.5. The van der Waals surface area contributed by atoms with E-state index in [4.69, 9.17) is 29.4 Å². The Kier molecular flexibility index (Phi) is 8.99. The van der Waals surface area contributed by atoms with E-state index in [9.17, 15) is 14.4 Å². The number of rotatable bonds is 6. The summed E-state index contributed by atoms with van der Waals surface area (Å²) in [4.78, 5) is 59.7. The number of ether oxygens (including phenoxy) is 2. The summed E-state index contributed by atoms with van der Waals surface area (Å²) < 4.78 is 10.1. The first-order valence-corrected chi connectivity index (χ1v) is 15.2. The number of methoxy groups -OCH3 is 2. The molecule has 10 heteroatoms. The number of nitrogens with zero attached hydrogens (tertiary/aromatic N) is 4. The van der Waals surface area contributed by atoms with Gasteiger partial charge >= 0.3 is 29.0 Å². The van der Waals surface area contributed by atoms with Gasteiger partial charge in [0.1, 0.15) is 5.92 Å². The Hall–Kier alpha value is -4.27. The molecule has 3 aromatic rings. The summed E-state index contributed by atoms with van der Waals surface area (Å²) in [5, 5.41) is 0. The number of aryl methyl sites for hydroxylation is 2. The number of ketones is 1. The number of esters is 2. The number of allylic oxidation sites excluding steroid dienone is 2. The third-order valence-corrected chi connectivity index (χ3v) is 9.63. The Morgan fingerprint density at radius 1 is 0.978 bits per heavy atom. The quantitative estimate of drug-likeness (QED) is 0.165. The Labute approximate surface area is 278 Å². The molecule has 46 heavy (non-hydrogen) atoms. The fourth-order valence-corrected chi connectivity index (χ4v) is 7.02. The van der Waals surface area contributed by atoms with Crippen molar-refractivity contribution in [3.63, 3.8) is 0 Å². The molecule has 3 unspecified atom stereocenters. The topological polar surface area (TPSA) is 124 Å². The molecule has 0 aromatic carbocycles. The normalized spacial score (nSPS) is 18.4. The van der Waals surface area contributed by atoms with Gasteiger partial charge in [0, 0.05) is 35.2 Å². The summed E-state index contributed by atoms with van der Waals surface area (Å²) in [6, 6.07) is 5.87. The van der Waals surface area contributed by atoms with Gasteiger partial charge < -0.3 is 19.4 Å². The van der Waals surface area contributed by atoms with E-state index in [-0.39, 0.29) is 47.1 Å². The van der Waals surface area contributed by atoms with Crippen LogP contribution >= 0.6 is 0 Å². The number of aromatic nitrogens is 4. The van der Waals surface area contributed by atoms with Crippen molar-refractivity contribution in [1.82, 2.24) is 19.9 Å². The van der Waals surface area contributed by atoms with Gasteiger partial charge in [-0.3, -0.25) is 19.4 Å². The van der Waals surface area contributed by atoms with E-state index in [1.807, 2.05) is 45.0 Å². The zero-order chi connectivity index (χ0) is 32.3. The average Bonchev–Trinajstić information content (AvgIpc) is 3.76. The van der Waals surface area contributed by atoms with Crippen LogP contribution < -0.4 is 9.97 Å². The second-order valence-electron chi connectivity index (χ2n) is 11.9. The SMILES string of the molecule is C=Cc1c(C)c2cc3nc(c4c5[n-]c(cc6nc(cc1[n-]2)C(C)=C6CC)c(C)c5C(=O)C4C(=O)OC)C(CCC(=O)OC)C3C.[Cu+2]. The monoisotopic (exact) mass is 667 g/mol. The maximum absolute atomic E-state index is 14.0. The second kappa shape index (κ2) is 12.5. The van der Waals surface area contributed by atoms with Crippen molar-refractivity contribution in [3.05, 3.63) is 75.4 Å². The van der Waals surface area contributed by atoms with Gasteiger partial charge in [-0.2, -0.15) is 0 Å². The molecule has 5 heterocycles. The Morgan fingerprint density at radius 3 is 2.33 bits per heavy atom. The van der Waals surface area contributed by atoms with Gasteiger partial charge in [0.2, 0.25) is 0 Å².